The molecule has 1 amide bonds. The highest BCUT2D eigenvalue weighted by molar-refractivity contribution is 14.0. The number of amides is 1. The molecule has 2 N–H and O–H groups in total. The fourth-order valence-corrected chi connectivity index (χ4v) is 3.38. The first-order valence-corrected chi connectivity index (χ1v) is 11.6. The Morgan fingerprint density at radius 2 is 2.03 bits per heavy atom. The number of ether oxygens (including phenoxy) is 1. The predicted molar refractivity (Wildman–Crippen MR) is 139 cm³/mol. The fourth-order valence-electron chi connectivity index (χ4n) is 3.38. The molecular weight excluding hydrogens is 521 g/mol. The topological polar surface area (TPSA) is 96.7 Å². The van der Waals surface area contributed by atoms with Gasteiger partial charge in [-0.2, -0.15) is 5.10 Å². The number of aliphatic imine (C=N–C) groups is 1. The van der Waals surface area contributed by atoms with E-state index < -0.39 is 5.60 Å². The summed E-state index contributed by atoms with van der Waals surface area (Å²) in [5.74, 6) is 3.07. The van der Waals surface area contributed by atoms with Gasteiger partial charge in [-0.05, 0) is 40.5 Å². The maximum atomic E-state index is 12.4. The Kier molecular flexibility index (Phi) is 11.7. The number of fused-ring (bicyclic) bond motifs is 1. The van der Waals surface area contributed by atoms with Crippen LogP contribution in [-0.2, 0) is 17.7 Å². The van der Waals surface area contributed by atoms with Crippen molar-refractivity contribution in [3.8, 4) is 0 Å². The number of hydrogen-bond donors (Lipinski definition) is 2. The molecule has 0 aliphatic carbocycles. The molecular formula is C22H42IN7O2. The summed E-state index contributed by atoms with van der Waals surface area (Å²) < 4.78 is 7.54. The van der Waals surface area contributed by atoms with Gasteiger partial charge in [0, 0.05) is 38.0 Å². The molecule has 1 aliphatic rings. The summed E-state index contributed by atoms with van der Waals surface area (Å²) in [5.41, 5.74) is -0.501. The van der Waals surface area contributed by atoms with Crippen LogP contribution in [-0.4, -0.2) is 69.5 Å². The molecule has 0 fully saturated rings. The molecule has 1 unspecified atom stereocenters. The summed E-state index contributed by atoms with van der Waals surface area (Å²) in [6, 6.07) is 0.240. The van der Waals surface area contributed by atoms with E-state index in [1.165, 1.54) is 0 Å². The van der Waals surface area contributed by atoms with E-state index in [1.54, 1.807) is 4.90 Å². The average Bonchev–Trinajstić information content (AvgIpc) is 3.10. The Labute approximate surface area is 210 Å². The summed E-state index contributed by atoms with van der Waals surface area (Å²) in [7, 11) is 0. The van der Waals surface area contributed by atoms with Crippen LogP contribution in [0.25, 0.3) is 0 Å². The van der Waals surface area contributed by atoms with Crippen LogP contribution in [0.2, 0.25) is 0 Å². The molecule has 1 aliphatic heterocycles. The lowest BCUT2D eigenvalue weighted by Crippen LogP contribution is -2.47. The normalized spacial score (nSPS) is 16.2. The van der Waals surface area contributed by atoms with E-state index in [0.29, 0.717) is 25.6 Å². The molecule has 184 valence electrons. The third kappa shape index (κ3) is 9.11. The van der Waals surface area contributed by atoms with Gasteiger partial charge in [0.25, 0.3) is 0 Å². The minimum atomic E-state index is -0.501. The molecule has 1 aromatic rings. The lowest BCUT2D eigenvalue weighted by Gasteiger charge is -2.27. The third-order valence-electron chi connectivity index (χ3n) is 4.86. The van der Waals surface area contributed by atoms with Gasteiger partial charge in [-0.25, -0.2) is 14.5 Å². The molecule has 10 heteroatoms. The van der Waals surface area contributed by atoms with E-state index in [-0.39, 0.29) is 36.1 Å². The van der Waals surface area contributed by atoms with Gasteiger partial charge in [0.1, 0.15) is 11.4 Å². The van der Waals surface area contributed by atoms with Crippen LogP contribution in [0.3, 0.4) is 0 Å². The molecule has 0 saturated heterocycles. The predicted octanol–water partition coefficient (Wildman–Crippen LogP) is 3.54. The second-order valence-electron chi connectivity index (χ2n) is 9.33. The van der Waals surface area contributed by atoms with Crippen molar-refractivity contribution in [3.05, 3.63) is 11.6 Å². The van der Waals surface area contributed by atoms with E-state index in [1.807, 2.05) is 32.4 Å². The van der Waals surface area contributed by atoms with Crippen molar-refractivity contribution in [1.29, 1.82) is 0 Å². The quantitative estimate of drug-likeness (QED) is 0.286. The lowest BCUT2D eigenvalue weighted by molar-refractivity contribution is 0.0256. The Morgan fingerprint density at radius 3 is 2.62 bits per heavy atom. The van der Waals surface area contributed by atoms with Gasteiger partial charge in [0.2, 0.25) is 0 Å². The van der Waals surface area contributed by atoms with Crippen molar-refractivity contribution in [2.75, 3.05) is 26.2 Å². The van der Waals surface area contributed by atoms with E-state index >= 15 is 0 Å². The largest absolute Gasteiger partial charge is 0.444 e. The van der Waals surface area contributed by atoms with Gasteiger partial charge in [-0.3, -0.25) is 4.99 Å². The monoisotopic (exact) mass is 563 g/mol. The van der Waals surface area contributed by atoms with Crippen LogP contribution in [0.4, 0.5) is 4.79 Å². The molecule has 0 spiro atoms. The number of rotatable bonds is 8. The van der Waals surface area contributed by atoms with Gasteiger partial charge in [-0.1, -0.05) is 20.8 Å². The third-order valence-corrected chi connectivity index (χ3v) is 4.86. The zero-order valence-electron chi connectivity index (χ0n) is 20.8. The number of carbonyl (C=O) groups excluding carboxylic acids is 1. The van der Waals surface area contributed by atoms with Gasteiger partial charge in [0.05, 0.1) is 13.1 Å². The van der Waals surface area contributed by atoms with Gasteiger partial charge in [0.15, 0.2) is 11.8 Å². The minimum Gasteiger partial charge on any atom is -0.444 e. The molecule has 0 radical (unpaired) electrons. The molecule has 9 nitrogen and oxygen atoms in total. The first kappa shape index (κ1) is 28.4. The Bertz CT molecular complexity index is 743. The van der Waals surface area contributed by atoms with Crippen molar-refractivity contribution < 1.29 is 9.53 Å². The minimum absolute atomic E-state index is 0. The first-order chi connectivity index (χ1) is 14.6. The van der Waals surface area contributed by atoms with Crippen LogP contribution in [0.15, 0.2) is 4.99 Å². The molecule has 1 atom stereocenters. The lowest BCUT2D eigenvalue weighted by atomic mass is 10.1. The van der Waals surface area contributed by atoms with Crippen LogP contribution in [0, 0.1) is 0 Å². The zero-order valence-corrected chi connectivity index (χ0v) is 23.1. The molecule has 2 rings (SSSR count). The summed E-state index contributed by atoms with van der Waals surface area (Å²) in [6.07, 6.45) is 2.48. The van der Waals surface area contributed by atoms with Crippen molar-refractivity contribution in [1.82, 2.24) is 30.3 Å². The second-order valence-corrected chi connectivity index (χ2v) is 9.33. The first-order valence-electron chi connectivity index (χ1n) is 11.6. The number of halogens is 1. The molecule has 0 saturated carbocycles. The highest BCUT2D eigenvalue weighted by atomic mass is 127. The van der Waals surface area contributed by atoms with E-state index in [2.05, 4.69) is 41.5 Å². The summed E-state index contributed by atoms with van der Waals surface area (Å²) in [5, 5.41) is 11.5. The van der Waals surface area contributed by atoms with Crippen molar-refractivity contribution in [3.63, 3.8) is 0 Å². The summed E-state index contributed by atoms with van der Waals surface area (Å²) in [6.45, 7) is 17.2. The van der Waals surface area contributed by atoms with E-state index in [9.17, 15) is 4.79 Å². The smallest absolute Gasteiger partial charge is 0.410 e. The molecule has 2 heterocycles. The number of aryl methyl sites for hydroxylation is 1. The van der Waals surface area contributed by atoms with E-state index in [0.717, 1.165) is 50.0 Å². The van der Waals surface area contributed by atoms with Gasteiger partial charge < -0.3 is 20.3 Å². The average molecular weight is 564 g/mol. The van der Waals surface area contributed by atoms with Crippen molar-refractivity contribution >= 4 is 36.0 Å². The number of guanidine groups is 1. The van der Waals surface area contributed by atoms with Gasteiger partial charge >= 0.3 is 6.09 Å². The Balaban J connectivity index is 0.00000512. The maximum absolute atomic E-state index is 12.4. The van der Waals surface area contributed by atoms with Crippen LogP contribution in [0.5, 0.6) is 0 Å². The number of carbonyl (C=O) groups is 1. The van der Waals surface area contributed by atoms with E-state index in [4.69, 9.17) is 9.73 Å². The maximum Gasteiger partial charge on any atom is 0.410 e. The van der Waals surface area contributed by atoms with Crippen LogP contribution < -0.4 is 10.6 Å². The Morgan fingerprint density at radius 1 is 1.31 bits per heavy atom. The highest BCUT2D eigenvalue weighted by Crippen LogP contribution is 2.17. The second kappa shape index (κ2) is 13.2. The fraction of sp³-hybridized carbons (Fsp3) is 0.818. The van der Waals surface area contributed by atoms with Crippen molar-refractivity contribution in [2.45, 2.75) is 91.8 Å². The summed E-state index contributed by atoms with van der Waals surface area (Å²) in [4.78, 5) is 23.5. The highest BCUT2D eigenvalue weighted by Gasteiger charge is 2.24. The number of hydrogen-bond acceptors (Lipinski definition) is 5. The molecule has 1 aromatic heterocycles. The number of aromatic nitrogens is 3. The number of nitrogens with one attached hydrogen (secondary N) is 2. The van der Waals surface area contributed by atoms with Gasteiger partial charge in [-0.15, -0.1) is 24.0 Å². The molecule has 0 bridgehead atoms. The Hall–Kier alpha value is -1.59. The molecule has 0 aromatic carbocycles. The zero-order chi connectivity index (χ0) is 23.0. The SMILES string of the molecule is CCCN(CCN=C(NCC)NC1CCc2nc(C(C)C)nn2C1)C(=O)OC(C)(C)C.I. The van der Waals surface area contributed by atoms with Crippen molar-refractivity contribution in [2.24, 2.45) is 4.99 Å². The molecule has 32 heavy (non-hydrogen) atoms. The standard InChI is InChI=1S/C22H41N7O2.HI/c1-8-13-28(21(30)31-22(5,6)7)14-12-24-20(23-9-2)25-17-10-11-18-26-19(16(3)4)27-29(18)15-17;/h16-17H,8-15H2,1-7H3,(H2,23,24,25);1H. The van der Waals surface area contributed by atoms with Crippen LogP contribution >= 0.6 is 24.0 Å². The number of nitrogens with zero attached hydrogens (tertiary/aromatic N) is 5. The van der Waals surface area contributed by atoms with Crippen LogP contribution in [0.1, 0.15) is 78.9 Å². The summed E-state index contributed by atoms with van der Waals surface area (Å²) >= 11 is 0.